The molecule has 0 saturated heterocycles. The Kier molecular flexibility index (Phi) is 6.55. The molecule has 0 aromatic heterocycles. The van der Waals surface area contributed by atoms with E-state index in [1.165, 1.54) is 5.57 Å². The standard InChI is InChI=1S/C15H24O2/c1-6-15(5,10-7-8-12(2)3)11-9-13(4)14(16)17/h6,8-9H,1,7,10-11H2,2-5H3,(H,16,17). The van der Waals surface area contributed by atoms with Crippen LogP contribution < -0.4 is 0 Å². The third-order valence-corrected chi connectivity index (χ3v) is 2.97. The van der Waals surface area contributed by atoms with E-state index < -0.39 is 5.97 Å². The van der Waals surface area contributed by atoms with Crippen LogP contribution in [0.5, 0.6) is 0 Å². The Hall–Kier alpha value is -1.31. The zero-order valence-electron chi connectivity index (χ0n) is 11.4. The SMILES string of the molecule is C=CC(C)(CC=C(C)C(=O)O)CCC=C(C)C. The lowest BCUT2D eigenvalue weighted by molar-refractivity contribution is -0.132. The van der Waals surface area contributed by atoms with Gasteiger partial charge in [-0.3, -0.25) is 0 Å². The van der Waals surface area contributed by atoms with Crippen LogP contribution in [0.25, 0.3) is 0 Å². The van der Waals surface area contributed by atoms with Crippen molar-refractivity contribution in [3.8, 4) is 0 Å². The zero-order valence-corrected chi connectivity index (χ0v) is 11.4. The zero-order chi connectivity index (χ0) is 13.5. The first-order valence-electron chi connectivity index (χ1n) is 5.98. The molecule has 0 amide bonds. The predicted octanol–water partition coefficient (Wildman–Crippen LogP) is 4.35. The molecule has 0 rings (SSSR count). The van der Waals surface area contributed by atoms with E-state index >= 15 is 0 Å². The Labute approximate surface area is 105 Å². The summed E-state index contributed by atoms with van der Waals surface area (Å²) in [4.78, 5) is 10.7. The van der Waals surface area contributed by atoms with Crippen molar-refractivity contribution in [3.63, 3.8) is 0 Å². The van der Waals surface area contributed by atoms with Crippen LogP contribution in [0.1, 0.15) is 47.0 Å². The Morgan fingerprint density at radius 3 is 2.29 bits per heavy atom. The van der Waals surface area contributed by atoms with E-state index in [0.717, 1.165) is 19.3 Å². The normalized spacial score (nSPS) is 14.9. The van der Waals surface area contributed by atoms with E-state index in [0.29, 0.717) is 5.57 Å². The van der Waals surface area contributed by atoms with Gasteiger partial charge in [-0.1, -0.05) is 30.7 Å². The minimum Gasteiger partial charge on any atom is -0.478 e. The second kappa shape index (κ2) is 7.10. The number of carboxylic acid groups (broad SMARTS) is 1. The van der Waals surface area contributed by atoms with Crippen LogP contribution in [0.4, 0.5) is 0 Å². The van der Waals surface area contributed by atoms with Gasteiger partial charge in [0, 0.05) is 5.57 Å². The van der Waals surface area contributed by atoms with Crippen molar-refractivity contribution in [3.05, 3.63) is 36.0 Å². The van der Waals surface area contributed by atoms with Crippen LogP contribution in [-0.4, -0.2) is 11.1 Å². The van der Waals surface area contributed by atoms with E-state index in [2.05, 4.69) is 33.4 Å². The molecule has 0 aromatic rings. The Morgan fingerprint density at radius 1 is 1.29 bits per heavy atom. The van der Waals surface area contributed by atoms with E-state index in [9.17, 15) is 4.79 Å². The molecule has 1 N–H and O–H groups in total. The number of hydrogen-bond donors (Lipinski definition) is 1. The number of carbonyl (C=O) groups is 1. The lowest BCUT2D eigenvalue weighted by atomic mass is 9.81. The molecule has 0 radical (unpaired) electrons. The number of aliphatic carboxylic acids is 1. The van der Waals surface area contributed by atoms with E-state index in [4.69, 9.17) is 5.11 Å². The molecule has 0 spiro atoms. The molecule has 0 heterocycles. The van der Waals surface area contributed by atoms with Gasteiger partial charge in [-0.05, 0) is 45.4 Å². The number of allylic oxidation sites excluding steroid dienone is 4. The van der Waals surface area contributed by atoms with Crippen LogP contribution in [-0.2, 0) is 4.79 Å². The minimum atomic E-state index is -0.847. The van der Waals surface area contributed by atoms with Gasteiger partial charge in [0.15, 0.2) is 0 Å². The summed E-state index contributed by atoms with van der Waals surface area (Å²) in [6.07, 6.45) is 8.64. The van der Waals surface area contributed by atoms with Crippen molar-refractivity contribution in [1.82, 2.24) is 0 Å². The van der Waals surface area contributed by atoms with Gasteiger partial charge in [0.1, 0.15) is 0 Å². The molecule has 1 atom stereocenters. The molecule has 0 aromatic carbocycles. The summed E-state index contributed by atoms with van der Waals surface area (Å²) in [5.41, 5.74) is 1.69. The predicted molar refractivity (Wildman–Crippen MR) is 73.0 cm³/mol. The first-order chi connectivity index (χ1) is 7.80. The Balaban J connectivity index is 4.48. The summed E-state index contributed by atoms with van der Waals surface area (Å²) in [5.74, 6) is -0.847. The number of rotatable bonds is 7. The Morgan fingerprint density at radius 2 is 1.88 bits per heavy atom. The molecule has 2 nitrogen and oxygen atoms in total. The maximum Gasteiger partial charge on any atom is 0.330 e. The maximum absolute atomic E-state index is 10.7. The highest BCUT2D eigenvalue weighted by Crippen LogP contribution is 2.30. The summed E-state index contributed by atoms with van der Waals surface area (Å²) < 4.78 is 0. The molecular formula is C15H24O2. The highest BCUT2D eigenvalue weighted by Gasteiger charge is 2.18. The largest absolute Gasteiger partial charge is 0.478 e. The van der Waals surface area contributed by atoms with Crippen molar-refractivity contribution in [2.45, 2.75) is 47.0 Å². The molecule has 0 fully saturated rings. The fraction of sp³-hybridized carbons (Fsp3) is 0.533. The molecular weight excluding hydrogens is 212 g/mol. The average molecular weight is 236 g/mol. The first kappa shape index (κ1) is 15.7. The lowest BCUT2D eigenvalue weighted by Crippen LogP contribution is -2.12. The van der Waals surface area contributed by atoms with Gasteiger partial charge in [-0.15, -0.1) is 6.58 Å². The van der Waals surface area contributed by atoms with Crippen molar-refractivity contribution >= 4 is 5.97 Å². The average Bonchev–Trinajstić information content (AvgIpc) is 2.25. The van der Waals surface area contributed by atoms with Crippen LogP contribution in [0.15, 0.2) is 36.0 Å². The molecule has 0 bridgehead atoms. The quantitative estimate of drug-likeness (QED) is 0.527. The molecule has 1 unspecified atom stereocenters. The topological polar surface area (TPSA) is 37.3 Å². The lowest BCUT2D eigenvalue weighted by Gasteiger charge is -2.23. The second-order valence-corrected chi connectivity index (χ2v) is 5.07. The second-order valence-electron chi connectivity index (χ2n) is 5.07. The summed E-state index contributed by atoms with van der Waals surface area (Å²) in [5, 5.41) is 8.80. The minimum absolute atomic E-state index is 0.0251. The maximum atomic E-state index is 10.7. The van der Waals surface area contributed by atoms with Crippen LogP contribution >= 0.6 is 0 Å². The van der Waals surface area contributed by atoms with Gasteiger partial charge in [-0.25, -0.2) is 4.79 Å². The van der Waals surface area contributed by atoms with Crippen molar-refractivity contribution in [2.75, 3.05) is 0 Å². The fourth-order valence-electron chi connectivity index (χ4n) is 1.45. The summed E-state index contributed by atoms with van der Waals surface area (Å²) in [6, 6.07) is 0. The molecule has 0 aliphatic carbocycles. The molecule has 0 aliphatic rings. The third kappa shape index (κ3) is 6.77. The number of carboxylic acids is 1. The highest BCUT2D eigenvalue weighted by molar-refractivity contribution is 5.85. The smallest absolute Gasteiger partial charge is 0.330 e. The van der Waals surface area contributed by atoms with Crippen LogP contribution in [0.2, 0.25) is 0 Å². The number of hydrogen-bond acceptors (Lipinski definition) is 1. The van der Waals surface area contributed by atoms with Gasteiger partial charge in [0.05, 0.1) is 0 Å². The van der Waals surface area contributed by atoms with Gasteiger partial charge < -0.3 is 5.11 Å². The molecule has 0 saturated carbocycles. The van der Waals surface area contributed by atoms with E-state index in [1.807, 2.05) is 6.08 Å². The van der Waals surface area contributed by atoms with Crippen molar-refractivity contribution in [2.24, 2.45) is 5.41 Å². The van der Waals surface area contributed by atoms with E-state index in [-0.39, 0.29) is 5.41 Å². The third-order valence-electron chi connectivity index (χ3n) is 2.97. The van der Waals surface area contributed by atoms with Crippen molar-refractivity contribution in [1.29, 1.82) is 0 Å². The van der Waals surface area contributed by atoms with Gasteiger partial charge in [0.2, 0.25) is 0 Å². The Bertz CT molecular complexity index is 333. The monoisotopic (exact) mass is 236 g/mol. The molecule has 0 aliphatic heterocycles. The summed E-state index contributed by atoms with van der Waals surface area (Å²) in [6.45, 7) is 11.8. The molecule has 2 heteroatoms. The highest BCUT2D eigenvalue weighted by atomic mass is 16.4. The van der Waals surface area contributed by atoms with E-state index in [1.54, 1.807) is 13.0 Å². The fourth-order valence-corrected chi connectivity index (χ4v) is 1.45. The van der Waals surface area contributed by atoms with Crippen LogP contribution in [0.3, 0.4) is 0 Å². The van der Waals surface area contributed by atoms with Gasteiger partial charge >= 0.3 is 5.97 Å². The molecule has 17 heavy (non-hydrogen) atoms. The van der Waals surface area contributed by atoms with Crippen molar-refractivity contribution < 1.29 is 9.90 Å². The first-order valence-corrected chi connectivity index (χ1v) is 5.98. The molecule has 96 valence electrons. The van der Waals surface area contributed by atoms with Gasteiger partial charge in [-0.2, -0.15) is 0 Å². The van der Waals surface area contributed by atoms with Crippen LogP contribution in [0, 0.1) is 5.41 Å². The van der Waals surface area contributed by atoms with Gasteiger partial charge in [0.25, 0.3) is 0 Å². The summed E-state index contributed by atoms with van der Waals surface area (Å²) >= 11 is 0. The summed E-state index contributed by atoms with van der Waals surface area (Å²) in [7, 11) is 0.